The number of hydrogen-bond donors (Lipinski definition) is 1. The molecule has 1 amide bonds. The minimum atomic E-state index is -0.0291. The number of amides is 1. The van der Waals surface area contributed by atoms with E-state index in [0.717, 1.165) is 50.3 Å². The van der Waals surface area contributed by atoms with Gasteiger partial charge in [-0.3, -0.25) is 9.48 Å². The van der Waals surface area contributed by atoms with Crippen LogP contribution in [-0.4, -0.2) is 38.5 Å². The van der Waals surface area contributed by atoms with Crippen LogP contribution in [0.25, 0.3) is 0 Å². The molecule has 2 aromatic rings. The maximum atomic E-state index is 12.0. The molecule has 0 aromatic carbocycles. The van der Waals surface area contributed by atoms with Crippen LogP contribution < -0.4 is 5.32 Å². The second-order valence-electron chi connectivity index (χ2n) is 6.81. The third kappa shape index (κ3) is 4.45. The standard InChI is InChI=1S/C17H23N5O3/c23-15(4-1-5-16-20-17(21-25-16)12-6-7-12)19-13-9-18-22(10-13)11-14-3-2-8-24-14/h9-10,12,14H,1-8,11H2,(H,19,23)/t14-/m1/s1. The smallest absolute Gasteiger partial charge is 0.226 e. The van der Waals surface area contributed by atoms with Gasteiger partial charge in [-0.1, -0.05) is 5.16 Å². The lowest BCUT2D eigenvalue weighted by molar-refractivity contribution is -0.116. The van der Waals surface area contributed by atoms with Gasteiger partial charge in [0, 0.05) is 31.6 Å². The predicted octanol–water partition coefficient (Wildman–Crippen LogP) is 2.28. The lowest BCUT2D eigenvalue weighted by Crippen LogP contribution is -2.15. The van der Waals surface area contributed by atoms with Crippen molar-refractivity contribution in [2.45, 2.75) is 63.5 Å². The van der Waals surface area contributed by atoms with Crippen LogP contribution in [0.3, 0.4) is 0 Å². The Morgan fingerprint density at radius 2 is 2.28 bits per heavy atom. The molecule has 0 radical (unpaired) electrons. The zero-order valence-corrected chi connectivity index (χ0v) is 14.2. The molecule has 2 aliphatic rings. The number of anilines is 1. The summed E-state index contributed by atoms with van der Waals surface area (Å²) in [5.74, 6) is 1.91. The molecule has 8 heteroatoms. The van der Waals surface area contributed by atoms with Crippen LogP contribution in [0.5, 0.6) is 0 Å². The summed E-state index contributed by atoms with van der Waals surface area (Å²) in [5.41, 5.74) is 0.719. The summed E-state index contributed by atoms with van der Waals surface area (Å²) >= 11 is 0. The summed E-state index contributed by atoms with van der Waals surface area (Å²) < 4.78 is 12.6. The van der Waals surface area contributed by atoms with Crippen molar-refractivity contribution < 1.29 is 14.1 Å². The molecule has 2 fully saturated rings. The van der Waals surface area contributed by atoms with E-state index in [2.05, 4.69) is 20.6 Å². The fourth-order valence-electron chi connectivity index (χ4n) is 3.03. The first kappa shape index (κ1) is 16.3. The van der Waals surface area contributed by atoms with E-state index in [-0.39, 0.29) is 12.0 Å². The Morgan fingerprint density at radius 3 is 3.08 bits per heavy atom. The van der Waals surface area contributed by atoms with E-state index in [1.54, 1.807) is 6.20 Å². The van der Waals surface area contributed by atoms with Crippen molar-refractivity contribution >= 4 is 11.6 Å². The highest BCUT2D eigenvalue weighted by molar-refractivity contribution is 5.90. The summed E-state index contributed by atoms with van der Waals surface area (Å²) in [6, 6.07) is 0. The van der Waals surface area contributed by atoms with Gasteiger partial charge >= 0.3 is 0 Å². The van der Waals surface area contributed by atoms with Crippen LogP contribution in [0.1, 0.15) is 56.2 Å². The quantitative estimate of drug-likeness (QED) is 0.789. The van der Waals surface area contributed by atoms with Gasteiger partial charge in [-0.05, 0) is 32.1 Å². The van der Waals surface area contributed by atoms with E-state index in [1.807, 2.05) is 10.9 Å². The zero-order chi connectivity index (χ0) is 17.1. The van der Waals surface area contributed by atoms with Crippen LogP contribution >= 0.6 is 0 Å². The van der Waals surface area contributed by atoms with Gasteiger partial charge in [0.05, 0.1) is 24.5 Å². The minimum Gasteiger partial charge on any atom is -0.376 e. The zero-order valence-electron chi connectivity index (χ0n) is 14.2. The maximum absolute atomic E-state index is 12.0. The fraction of sp³-hybridized carbons (Fsp3) is 0.647. The molecule has 8 nitrogen and oxygen atoms in total. The van der Waals surface area contributed by atoms with E-state index in [0.29, 0.717) is 31.1 Å². The first-order valence-corrected chi connectivity index (χ1v) is 9.02. The number of nitrogens with zero attached hydrogens (tertiary/aromatic N) is 4. The molecular weight excluding hydrogens is 322 g/mol. The largest absolute Gasteiger partial charge is 0.376 e. The Bertz CT molecular complexity index is 715. The molecular formula is C17H23N5O3. The highest BCUT2D eigenvalue weighted by atomic mass is 16.5. The molecule has 0 bridgehead atoms. The van der Waals surface area contributed by atoms with Crippen LogP contribution in [0.15, 0.2) is 16.9 Å². The third-order valence-electron chi connectivity index (χ3n) is 4.55. The highest BCUT2D eigenvalue weighted by Gasteiger charge is 2.28. The number of hydrogen-bond acceptors (Lipinski definition) is 6. The average Bonchev–Trinajstić information content (AvgIpc) is 3.00. The Labute approximate surface area is 145 Å². The SMILES string of the molecule is O=C(CCCc1nc(C2CC2)no1)Nc1cnn(C[C@H]2CCCO2)c1. The van der Waals surface area contributed by atoms with Crippen molar-refractivity contribution in [3.8, 4) is 0 Å². The molecule has 1 N–H and O–H groups in total. The number of ether oxygens (including phenoxy) is 1. The number of rotatable bonds is 8. The van der Waals surface area contributed by atoms with E-state index in [4.69, 9.17) is 9.26 Å². The predicted molar refractivity (Wildman–Crippen MR) is 89.0 cm³/mol. The van der Waals surface area contributed by atoms with E-state index in [9.17, 15) is 4.79 Å². The number of aromatic nitrogens is 4. The molecule has 3 heterocycles. The Kier molecular flexibility index (Phi) is 4.78. The number of carbonyl (C=O) groups excluding carboxylic acids is 1. The summed E-state index contributed by atoms with van der Waals surface area (Å²) in [6.07, 6.45) is 9.97. The lowest BCUT2D eigenvalue weighted by atomic mass is 10.2. The normalized spacial score (nSPS) is 20.1. The van der Waals surface area contributed by atoms with E-state index >= 15 is 0 Å². The summed E-state index contributed by atoms with van der Waals surface area (Å²) in [7, 11) is 0. The van der Waals surface area contributed by atoms with Gasteiger partial charge in [0.2, 0.25) is 11.8 Å². The van der Waals surface area contributed by atoms with E-state index in [1.165, 1.54) is 0 Å². The van der Waals surface area contributed by atoms with Crippen LogP contribution in [0.4, 0.5) is 5.69 Å². The van der Waals surface area contributed by atoms with Gasteiger partial charge in [-0.2, -0.15) is 10.1 Å². The summed E-state index contributed by atoms with van der Waals surface area (Å²) in [4.78, 5) is 16.4. The Hall–Kier alpha value is -2.22. The van der Waals surface area contributed by atoms with Crippen LogP contribution in [-0.2, 0) is 22.5 Å². The molecule has 0 spiro atoms. The minimum absolute atomic E-state index is 0.0291. The van der Waals surface area contributed by atoms with Crippen molar-refractivity contribution in [2.24, 2.45) is 0 Å². The first-order chi connectivity index (χ1) is 12.3. The Balaban J connectivity index is 1.18. The third-order valence-corrected chi connectivity index (χ3v) is 4.55. The average molecular weight is 345 g/mol. The van der Waals surface area contributed by atoms with Crippen molar-refractivity contribution in [2.75, 3.05) is 11.9 Å². The molecule has 1 aliphatic carbocycles. The highest BCUT2D eigenvalue weighted by Crippen LogP contribution is 2.38. The monoisotopic (exact) mass is 345 g/mol. The molecule has 4 rings (SSSR count). The molecule has 0 unspecified atom stereocenters. The van der Waals surface area contributed by atoms with Gasteiger partial charge in [0.1, 0.15) is 0 Å². The van der Waals surface area contributed by atoms with Crippen molar-refractivity contribution in [3.05, 3.63) is 24.1 Å². The molecule has 1 saturated heterocycles. The number of nitrogens with one attached hydrogen (secondary N) is 1. The maximum Gasteiger partial charge on any atom is 0.226 e. The topological polar surface area (TPSA) is 95.1 Å². The molecule has 2 aromatic heterocycles. The van der Waals surface area contributed by atoms with Gasteiger partial charge in [0.25, 0.3) is 0 Å². The second kappa shape index (κ2) is 7.35. The van der Waals surface area contributed by atoms with Gasteiger partial charge in [-0.25, -0.2) is 0 Å². The molecule has 134 valence electrons. The van der Waals surface area contributed by atoms with Crippen molar-refractivity contribution in [1.29, 1.82) is 0 Å². The summed E-state index contributed by atoms with van der Waals surface area (Å²) in [6.45, 7) is 1.56. The van der Waals surface area contributed by atoms with Crippen molar-refractivity contribution in [3.63, 3.8) is 0 Å². The molecule has 1 atom stereocenters. The number of carbonyl (C=O) groups is 1. The van der Waals surface area contributed by atoms with E-state index < -0.39 is 0 Å². The van der Waals surface area contributed by atoms with Gasteiger partial charge in [0.15, 0.2) is 5.82 Å². The lowest BCUT2D eigenvalue weighted by Gasteiger charge is -2.08. The summed E-state index contributed by atoms with van der Waals surface area (Å²) in [5, 5.41) is 11.1. The van der Waals surface area contributed by atoms with Gasteiger partial charge < -0.3 is 14.6 Å². The second-order valence-corrected chi connectivity index (χ2v) is 6.81. The van der Waals surface area contributed by atoms with Crippen LogP contribution in [0.2, 0.25) is 0 Å². The number of aryl methyl sites for hydroxylation is 1. The first-order valence-electron chi connectivity index (χ1n) is 9.02. The van der Waals surface area contributed by atoms with Gasteiger partial charge in [-0.15, -0.1) is 0 Å². The van der Waals surface area contributed by atoms with Crippen molar-refractivity contribution in [1.82, 2.24) is 19.9 Å². The molecule has 1 aliphatic heterocycles. The molecule has 25 heavy (non-hydrogen) atoms. The van der Waals surface area contributed by atoms with Crippen LogP contribution in [0, 0.1) is 0 Å². The Morgan fingerprint density at radius 1 is 1.36 bits per heavy atom. The molecule has 1 saturated carbocycles. The fourth-order valence-corrected chi connectivity index (χ4v) is 3.03.